The van der Waals surface area contributed by atoms with Crippen LogP contribution in [0.4, 0.5) is 5.69 Å². The summed E-state index contributed by atoms with van der Waals surface area (Å²) in [6.07, 6.45) is 1.35. The van der Waals surface area contributed by atoms with Gasteiger partial charge in [0.05, 0.1) is 24.4 Å². The van der Waals surface area contributed by atoms with Crippen molar-refractivity contribution in [2.75, 3.05) is 7.11 Å². The molecule has 0 atom stereocenters. The number of benzene rings is 2. The Morgan fingerprint density at radius 1 is 1.27 bits per heavy atom. The van der Waals surface area contributed by atoms with Gasteiger partial charge in [0, 0.05) is 23.3 Å². The van der Waals surface area contributed by atoms with E-state index in [2.05, 4.69) is 10.5 Å². The summed E-state index contributed by atoms with van der Waals surface area (Å²) < 4.78 is 11.0. The molecule has 8 nitrogen and oxygen atoms in total. The summed E-state index contributed by atoms with van der Waals surface area (Å²) in [5.74, 6) is 0.505. The van der Waals surface area contributed by atoms with Crippen molar-refractivity contribution in [3.63, 3.8) is 0 Å². The lowest BCUT2D eigenvalue weighted by molar-refractivity contribution is -0.384. The highest BCUT2D eigenvalue weighted by Crippen LogP contribution is 2.30. The summed E-state index contributed by atoms with van der Waals surface area (Å²) in [5, 5.41) is 14.7. The number of nitro groups is 1. The zero-order valence-corrected chi connectivity index (χ0v) is 14.6. The number of amides is 1. The summed E-state index contributed by atoms with van der Waals surface area (Å²) in [7, 11) is 1.54. The summed E-state index contributed by atoms with van der Waals surface area (Å²) in [6, 6.07) is 10.7. The standard InChI is InChI=1S/C18H19N3O5/c1-12(2)26-17-14(7-5-9-16(17)25-3)11-19-20-18(22)13-6-4-8-15(10-13)21(23)24/h4-12H,1-3H3,(H,20,22)/b19-11-. The molecule has 1 N–H and O–H groups in total. The molecule has 0 aliphatic carbocycles. The Balaban J connectivity index is 2.16. The minimum Gasteiger partial charge on any atom is -0.493 e. The summed E-state index contributed by atoms with van der Waals surface area (Å²) in [6.45, 7) is 3.77. The number of hydrazone groups is 1. The van der Waals surface area contributed by atoms with Crippen LogP contribution in [0, 0.1) is 10.1 Å². The van der Waals surface area contributed by atoms with E-state index in [0.717, 1.165) is 0 Å². The first kappa shape index (κ1) is 18.9. The van der Waals surface area contributed by atoms with Crippen LogP contribution in [0.5, 0.6) is 11.5 Å². The van der Waals surface area contributed by atoms with Gasteiger partial charge < -0.3 is 9.47 Å². The Morgan fingerprint density at radius 3 is 2.65 bits per heavy atom. The molecule has 26 heavy (non-hydrogen) atoms. The van der Waals surface area contributed by atoms with Gasteiger partial charge in [-0.05, 0) is 32.0 Å². The van der Waals surface area contributed by atoms with Crippen molar-refractivity contribution in [1.82, 2.24) is 5.43 Å². The van der Waals surface area contributed by atoms with E-state index in [-0.39, 0.29) is 17.4 Å². The lowest BCUT2D eigenvalue weighted by atomic mass is 10.2. The number of carbonyl (C=O) groups excluding carboxylic acids is 1. The van der Waals surface area contributed by atoms with Gasteiger partial charge in [-0.2, -0.15) is 5.10 Å². The number of nitrogens with zero attached hydrogens (tertiary/aromatic N) is 2. The van der Waals surface area contributed by atoms with E-state index in [1.54, 1.807) is 18.2 Å². The fourth-order valence-electron chi connectivity index (χ4n) is 2.14. The fraction of sp³-hybridized carbons (Fsp3) is 0.222. The minimum atomic E-state index is -0.564. The Labute approximate surface area is 150 Å². The number of ether oxygens (including phenoxy) is 2. The van der Waals surface area contributed by atoms with Crippen molar-refractivity contribution in [1.29, 1.82) is 0 Å². The van der Waals surface area contributed by atoms with Crippen molar-refractivity contribution in [3.8, 4) is 11.5 Å². The van der Waals surface area contributed by atoms with Gasteiger partial charge in [-0.25, -0.2) is 5.43 Å². The van der Waals surface area contributed by atoms with Crippen LogP contribution in [0.1, 0.15) is 29.8 Å². The fourth-order valence-corrected chi connectivity index (χ4v) is 2.14. The lowest BCUT2D eigenvalue weighted by Crippen LogP contribution is -2.18. The Bertz CT molecular complexity index is 833. The molecule has 136 valence electrons. The Morgan fingerprint density at radius 2 is 2.00 bits per heavy atom. The van der Waals surface area contributed by atoms with Crippen LogP contribution < -0.4 is 14.9 Å². The molecule has 0 aliphatic heterocycles. The number of hydrogen-bond acceptors (Lipinski definition) is 6. The zero-order chi connectivity index (χ0) is 19.1. The van der Waals surface area contributed by atoms with Gasteiger partial charge in [0.15, 0.2) is 11.5 Å². The Kier molecular flexibility index (Phi) is 6.26. The maximum Gasteiger partial charge on any atom is 0.271 e. The van der Waals surface area contributed by atoms with Crippen molar-refractivity contribution in [2.24, 2.45) is 5.10 Å². The second kappa shape index (κ2) is 8.61. The minimum absolute atomic E-state index is 0.0714. The molecule has 0 unspecified atom stereocenters. The number of carbonyl (C=O) groups is 1. The SMILES string of the molecule is COc1cccc(/C=N\NC(=O)c2cccc([N+](=O)[O-])c2)c1OC(C)C. The van der Waals surface area contributed by atoms with E-state index >= 15 is 0 Å². The molecule has 0 aromatic heterocycles. The first-order valence-corrected chi connectivity index (χ1v) is 7.84. The van der Waals surface area contributed by atoms with Gasteiger partial charge in [-0.1, -0.05) is 12.1 Å². The molecule has 1 amide bonds. The molecule has 2 aromatic rings. The first-order chi connectivity index (χ1) is 12.4. The monoisotopic (exact) mass is 357 g/mol. The molecule has 2 aromatic carbocycles. The number of methoxy groups -OCH3 is 1. The average Bonchev–Trinajstić information content (AvgIpc) is 2.62. The lowest BCUT2D eigenvalue weighted by Gasteiger charge is -2.15. The maximum atomic E-state index is 12.1. The molecule has 0 saturated carbocycles. The molecular formula is C18H19N3O5. The molecule has 0 aliphatic rings. The van der Waals surface area contributed by atoms with Gasteiger partial charge in [0.1, 0.15) is 0 Å². The average molecular weight is 357 g/mol. The normalized spacial score (nSPS) is 10.8. The Hall–Kier alpha value is -3.42. The summed E-state index contributed by atoms with van der Waals surface area (Å²) in [5.41, 5.74) is 2.94. The molecule has 0 fully saturated rings. The number of para-hydroxylation sites is 1. The molecule has 0 radical (unpaired) electrons. The summed E-state index contributed by atoms with van der Waals surface area (Å²) >= 11 is 0. The van der Waals surface area contributed by atoms with Gasteiger partial charge in [-0.3, -0.25) is 14.9 Å². The molecule has 2 rings (SSSR count). The molecule has 0 heterocycles. The highest BCUT2D eigenvalue weighted by atomic mass is 16.6. The van der Waals surface area contributed by atoms with Crippen LogP contribution in [-0.2, 0) is 0 Å². The van der Waals surface area contributed by atoms with Gasteiger partial charge >= 0.3 is 0 Å². The second-order valence-electron chi connectivity index (χ2n) is 5.55. The van der Waals surface area contributed by atoms with E-state index in [1.807, 2.05) is 13.8 Å². The third-order valence-corrected chi connectivity index (χ3v) is 3.27. The van der Waals surface area contributed by atoms with Crippen LogP contribution in [0.25, 0.3) is 0 Å². The molecule has 0 bridgehead atoms. The third-order valence-electron chi connectivity index (χ3n) is 3.27. The third kappa shape index (κ3) is 4.79. The van der Waals surface area contributed by atoms with Crippen LogP contribution >= 0.6 is 0 Å². The largest absolute Gasteiger partial charge is 0.493 e. The van der Waals surface area contributed by atoms with Crippen molar-refractivity contribution >= 4 is 17.8 Å². The molecular weight excluding hydrogens is 338 g/mol. The van der Waals surface area contributed by atoms with E-state index in [0.29, 0.717) is 17.1 Å². The number of nitro benzene ring substituents is 1. The predicted molar refractivity (Wildman–Crippen MR) is 96.9 cm³/mol. The molecule has 0 saturated heterocycles. The van der Waals surface area contributed by atoms with Crippen molar-refractivity contribution < 1.29 is 19.2 Å². The predicted octanol–water partition coefficient (Wildman–Crippen LogP) is 3.15. The topological polar surface area (TPSA) is 103 Å². The maximum absolute atomic E-state index is 12.1. The first-order valence-electron chi connectivity index (χ1n) is 7.84. The van der Waals surface area contributed by atoms with Gasteiger partial charge in [-0.15, -0.1) is 0 Å². The molecule has 8 heteroatoms. The van der Waals surface area contributed by atoms with E-state index in [4.69, 9.17) is 9.47 Å². The van der Waals surface area contributed by atoms with Crippen molar-refractivity contribution in [3.05, 3.63) is 63.7 Å². The zero-order valence-electron chi connectivity index (χ0n) is 14.6. The van der Waals surface area contributed by atoms with E-state index in [9.17, 15) is 14.9 Å². The highest BCUT2D eigenvalue weighted by Gasteiger charge is 2.12. The number of rotatable bonds is 7. The van der Waals surface area contributed by atoms with E-state index < -0.39 is 10.8 Å². The van der Waals surface area contributed by atoms with Crippen LogP contribution in [0.15, 0.2) is 47.6 Å². The molecule has 0 spiro atoms. The van der Waals surface area contributed by atoms with Crippen molar-refractivity contribution in [2.45, 2.75) is 20.0 Å². The van der Waals surface area contributed by atoms with Crippen LogP contribution in [0.3, 0.4) is 0 Å². The number of hydrogen-bond donors (Lipinski definition) is 1. The smallest absolute Gasteiger partial charge is 0.271 e. The second-order valence-corrected chi connectivity index (χ2v) is 5.55. The van der Waals surface area contributed by atoms with Crippen LogP contribution in [0.2, 0.25) is 0 Å². The van der Waals surface area contributed by atoms with Crippen LogP contribution in [-0.4, -0.2) is 30.3 Å². The van der Waals surface area contributed by atoms with Gasteiger partial charge in [0.25, 0.3) is 11.6 Å². The number of non-ortho nitro benzene ring substituents is 1. The quantitative estimate of drug-likeness (QED) is 0.466. The summed E-state index contributed by atoms with van der Waals surface area (Å²) in [4.78, 5) is 22.3. The van der Waals surface area contributed by atoms with E-state index in [1.165, 1.54) is 37.6 Å². The van der Waals surface area contributed by atoms with Gasteiger partial charge in [0.2, 0.25) is 0 Å². The number of nitrogens with one attached hydrogen (secondary N) is 1. The highest BCUT2D eigenvalue weighted by molar-refractivity contribution is 5.95.